The Kier molecular flexibility index (Phi) is 8.60. The fraction of sp³-hybridized carbons (Fsp3) is 0.619. The van der Waals surface area contributed by atoms with Gasteiger partial charge in [0.25, 0.3) is 0 Å². The van der Waals surface area contributed by atoms with Crippen LogP contribution in [0.2, 0.25) is 0 Å². The summed E-state index contributed by atoms with van der Waals surface area (Å²) in [4.78, 5) is 16.4. The summed E-state index contributed by atoms with van der Waals surface area (Å²) in [7, 11) is 3.25. The van der Waals surface area contributed by atoms with Gasteiger partial charge in [0.05, 0.1) is 14.2 Å². The number of carbonyl (C=O) groups excluding carboxylic acids is 1. The second kappa shape index (κ2) is 10.2. The summed E-state index contributed by atoms with van der Waals surface area (Å²) in [6, 6.07) is 5.93. The monoisotopic (exact) mass is 392 g/mol. The molecule has 1 aromatic carbocycles. The molecule has 0 aliphatic heterocycles. The Hall–Kier alpha value is -2.44. The predicted molar refractivity (Wildman–Crippen MR) is 114 cm³/mol. The Morgan fingerprint density at radius 1 is 1.04 bits per heavy atom. The topological polar surface area (TPSA) is 84.0 Å². The van der Waals surface area contributed by atoms with E-state index in [1.807, 2.05) is 45.9 Å². The average molecular weight is 393 g/mol. The van der Waals surface area contributed by atoms with Crippen molar-refractivity contribution < 1.29 is 14.3 Å². The minimum Gasteiger partial charge on any atom is -0.493 e. The molecule has 0 unspecified atom stereocenters. The molecule has 0 radical (unpaired) electrons. The molecule has 1 aromatic rings. The van der Waals surface area contributed by atoms with E-state index in [1.165, 1.54) is 0 Å². The molecule has 0 bridgehead atoms. The van der Waals surface area contributed by atoms with Gasteiger partial charge in [0.2, 0.25) is 5.91 Å². The van der Waals surface area contributed by atoms with Gasteiger partial charge in [-0.25, -0.2) is 4.99 Å². The third-order valence-electron chi connectivity index (χ3n) is 4.10. The molecule has 158 valence electrons. The van der Waals surface area contributed by atoms with Crippen molar-refractivity contribution in [3.8, 4) is 11.5 Å². The van der Waals surface area contributed by atoms with Gasteiger partial charge in [0.15, 0.2) is 17.5 Å². The number of guanidine groups is 1. The van der Waals surface area contributed by atoms with Crippen molar-refractivity contribution in [2.75, 3.05) is 33.9 Å². The predicted octanol–water partition coefficient (Wildman–Crippen LogP) is 2.45. The summed E-state index contributed by atoms with van der Waals surface area (Å²) >= 11 is 0. The molecule has 0 fully saturated rings. The largest absolute Gasteiger partial charge is 0.493 e. The summed E-state index contributed by atoms with van der Waals surface area (Å²) in [6.45, 7) is 13.5. The summed E-state index contributed by atoms with van der Waals surface area (Å²) in [6.07, 6.45) is 0. The first-order valence-electron chi connectivity index (χ1n) is 9.58. The minimum absolute atomic E-state index is 0.0728. The molecule has 28 heavy (non-hydrogen) atoms. The highest BCUT2D eigenvalue weighted by Gasteiger charge is 2.23. The molecule has 0 aliphatic rings. The lowest BCUT2D eigenvalue weighted by atomic mass is 9.84. The molecule has 7 heteroatoms. The number of nitrogens with one attached hydrogen (secondary N) is 3. The lowest BCUT2D eigenvalue weighted by molar-refractivity contribution is -0.121. The molecule has 0 saturated heterocycles. The molecule has 1 rings (SSSR count). The fourth-order valence-electron chi connectivity index (χ4n) is 2.61. The zero-order chi connectivity index (χ0) is 21.4. The maximum atomic E-state index is 12.0. The highest BCUT2D eigenvalue weighted by Crippen LogP contribution is 2.32. The van der Waals surface area contributed by atoms with Crippen LogP contribution in [0.25, 0.3) is 0 Å². The lowest BCUT2D eigenvalue weighted by Gasteiger charge is -2.27. The fourth-order valence-corrected chi connectivity index (χ4v) is 2.61. The zero-order valence-corrected chi connectivity index (χ0v) is 18.5. The standard InChI is InChI=1S/C21H36N4O3/c1-9-22-19(23-13-18(26)25-20(2,3)4)24-14-21(5,6)15-10-11-16(27-7)17(12-15)28-8/h10-12H,9,13-14H2,1-8H3,(H,25,26)(H2,22,23,24). The van der Waals surface area contributed by atoms with Crippen LogP contribution in [0.1, 0.15) is 47.1 Å². The highest BCUT2D eigenvalue weighted by molar-refractivity contribution is 5.85. The SMILES string of the molecule is CCNC(=NCC(=O)NC(C)(C)C)NCC(C)(C)c1ccc(OC)c(OC)c1. The van der Waals surface area contributed by atoms with Gasteiger partial charge in [-0.05, 0) is 45.4 Å². The number of rotatable bonds is 8. The van der Waals surface area contributed by atoms with Crippen LogP contribution >= 0.6 is 0 Å². The second-order valence-corrected chi connectivity index (χ2v) is 8.30. The molecular weight excluding hydrogens is 356 g/mol. The van der Waals surface area contributed by atoms with Gasteiger partial charge in [0, 0.05) is 24.0 Å². The molecule has 0 aliphatic carbocycles. The van der Waals surface area contributed by atoms with E-state index in [-0.39, 0.29) is 23.4 Å². The van der Waals surface area contributed by atoms with Gasteiger partial charge in [-0.3, -0.25) is 4.79 Å². The van der Waals surface area contributed by atoms with Crippen molar-refractivity contribution in [1.29, 1.82) is 0 Å². The highest BCUT2D eigenvalue weighted by atomic mass is 16.5. The van der Waals surface area contributed by atoms with Crippen LogP contribution in [-0.4, -0.2) is 51.3 Å². The van der Waals surface area contributed by atoms with Crippen molar-refractivity contribution in [1.82, 2.24) is 16.0 Å². The number of benzene rings is 1. The molecule has 3 N–H and O–H groups in total. The number of ether oxygens (including phenoxy) is 2. The van der Waals surface area contributed by atoms with E-state index in [9.17, 15) is 4.79 Å². The van der Waals surface area contributed by atoms with E-state index in [1.54, 1.807) is 14.2 Å². The summed E-state index contributed by atoms with van der Waals surface area (Å²) in [5.74, 6) is 1.91. The Balaban J connectivity index is 2.83. The van der Waals surface area contributed by atoms with Gasteiger partial charge in [0.1, 0.15) is 6.54 Å². The van der Waals surface area contributed by atoms with E-state index in [0.29, 0.717) is 30.5 Å². The Morgan fingerprint density at radius 2 is 1.68 bits per heavy atom. The first-order chi connectivity index (χ1) is 13.0. The molecule has 0 atom stereocenters. The molecular formula is C21H36N4O3. The normalized spacial score (nSPS) is 12.4. The van der Waals surface area contributed by atoms with Gasteiger partial charge in [-0.1, -0.05) is 19.9 Å². The molecule has 0 saturated carbocycles. The van der Waals surface area contributed by atoms with Crippen molar-refractivity contribution in [3.05, 3.63) is 23.8 Å². The average Bonchev–Trinajstić information content (AvgIpc) is 2.61. The van der Waals surface area contributed by atoms with Crippen molar-refractivity contribution >= 4 is 11.9 Å². The molecule has 7 nitrogen and oxygen atoms in total. The van der Waals surface area contributed by atoms with Gasteiger partial charge >= 0.3 is 0 Å². The van der Waals surface area contributed by atoms with Crippen LogP contribution in [0.4, 0.5) is 0 Å². The third kappa shape index (κ3) is 7.66. The Labute approximate surface area is 169 Å². The van der Waals surface area contributed by atoms with Crippen molar-refractivity contribution in [2.24, 2.45) is 4.99 Å². The number of hydrogen-bond acceptors (Lipinski definition) is 4. The number of carbonyl (C=O) groups is 1. The number of methoxy groups -OCH3 is 2. The van der Waals surface area contributed by atoms with Crippen LogP contribution in [0.15, 0.2) is 23.2 Å². The third-order valence-corrected chi connectivity index (χ3v) is 4.10. The number of hydrogen-bond donors (Lipinski definition) is 3. The number of nitrogens with zero attached hydrogens (tertiary/aromatic N) is 1. The molecule has 0 aromatic heterocycles. The van der Waals surface area contributed by atoms with Crippen LogP contribution in [-0.2, 0) is 10.2 Å². The van der Waals surface area contributed by atoms with Gasteiger partial charge in [-0.2, -0.15) is 0 Å². The van der Waals surface area contributed by atoms with E-state index < -0.39 is 0 Å². The quantitative estimate of drug-likeness (QED) is 0.467. The van der Waals surface area contributed by atoms with E-state index in [4.69, 9.17) is 9.47 Å². The van der Waals surface area contributed by atoms with Crippen molar-refractivity contribution in [3.63, 3.8) is 0 Å². The number of amides is 1. The zero-order valence-electron chi connectivity index (χ0n) is 18.5. The van der Waals surface area contributed by atoms with Crippen LogP contribution < -0.4 is 25.4 Å². The maximum Gasteiger partial charge on any atom is 0.242 e. The van der Waals surface area contributed by atoms with Crippen LogP contribution in [0.3, 0.4) is 0 Å². The first kappa shape index (κ1) is 23.6. The van der Waals surface area contributed by atoms with Gasteiger partial charge < -0.3 is 25.4 Å². The van der Waals surface area contributed by atoms with Crippen LogP contribution in [0.5, 0.6) is 11.5 Å². The molecule has 0 heterocycles. The van der Waals surface area contributed by atoms with Crippen molar-refractivity contribution in [2.45, 2.75) is 52.5 Å². The summed E-state index contributed by atoms with van der Waals surface area (Å²) in [5, 5.41) is 9.42. The minimum atomic E-state index is -0.270. The number of aliphatic imine (C=N–C) groups is 1. The van der Waals surface area contributed by atoms with E-state index in [0.717, 1.165) is 5.56 Å². The first-order valence-corrected chi connectivity index (χ1v) is 9.58. The maximum absolute atomic E-state index is 12.0. The molecule has 0 spiro atoms. The summed E-state index contributed by atoms with van der Waals surface area (Å²) in [5.41, 5.74) is 0.649. The second-order valence-electron chi connectivity index (χ2n) is 8.30. The summed E-state index contributed by atoms with van der Waals surface area (Å²) < 4.78 is 10.7. The smallest absolute Gasteiger partial charge is 0.242 e. The lowest BCUT2D eigenvalue weighted by Crippen LogP contribution is -2.45. The molecule has 1 amide bonds. The van der Waals surface area contributed by atoms with Gasteiger partial charge in [-0.15, -0.1) is 0 Å². The van der Waals surface area contributed by atoms with E-state index in [2.05, 4.69) is 34.8 Å². The Morgan fingerprint density at radius 3 is 2.21 bits per heavy atom. The van der Waals surface area contributed by atoms with E-state index >= 15 is 0 Å². The van der Waals surface area contributed by atoms with Crippen LogP contribution in [0, 0.1) is 0 Å². The Bertz CT molecular complexity index is 679.